The van der Waals surface area contributed by atoms with Crippen LogP contribution in [0.2, 0.25) is 5.15 Å². The second kappa shape index (κ2) is 5.75. The lowest BCUT2D eigenvalue weighted by molar-refractivity contribution is 0.311. The zero-order chi connectivity index (χ0) is 11.3. The van der Waals surface area contributed by atoms with Gasteiger partial charge in [0.1, 0.15) is 17.5 Å². The molecule has 2 N–H and O–H groups in total. The van der Waals surface area contributed by atoms with Crippen molar-refractivity contribution in [2.45, 2.75) is 5.16 Å². The number of nitrogens with zero attached hydrogens (tertiary/aromatic N) is 3. The summed E-state index contributed by atoms with van der Waals surface area (Å²) in [6.45, 7) is 0.275. The van der Waals surface area contributed by atoms with E-state index in [4.69, 9.17) is 22.0 Å². The van der Waals surface area contributed by atoms with Crippen LogP contribution >= 0.6 is 23.4 Å². The Balaban J connectivity index is 3.09. The second-order valence-corrected chi connectivity index (χ2v) is 3.62. The molecule has 0 amide bonds. The Morgan fingerprint density at radius 1 is 1.60 bits per heavy atom. The predicted molar refractivity (Wildman–Crippen MR) is 59.1 cm³/mol. The molecule has 0 bridgehead atoms. The Bertz CT molecular complexity index is 393. The van der Waals surface area contributed by atoms with E-state index in [-0.39, 0.29) is 17.3 Å². The van der Waals surface area contributed by atoms with E-state index in [0.29, 0.717) is 17.5 Å². The van der Waals surface area contributed by atoms with Crippen LogP contribution in [0, 0.1) is 11.3 Å². The van der Waals surface area contributed by atoms with Crippen molar-refractivity contribution >= 4 is 29.2 Å². The summed E-state index contributed by atoms with van der Waals surface area (Å²) in [7, 11) is 0. The first kappa shape index (κ1) is 12.0. The molecule has 7 heteroatoms. The van der Waals surface area contributed by atoms with Gasteiger partial charge in [-0.15, -0.1) is 0 Å². The van der Waals surface area contributed by atoms with Crippen molar-refractivity contribution in [1.29, 1.82) is 5.26 Å². The molecule has 1 rings (SSSR count). The first-order valence-corrected chi connectivity index (χ1v) is 5.69. The van der Waals surface area contributed by atoms with Crippen molar-refractivity contribution in [3.63, 3.8) is 0 Å². The number of hydrogen-bond donors (Lipinski definition) is 2. The molecule has 0 atom stereocenters. The number of aromatic nitrogens is 2. The number of halogens is 1. The molecule has 0 saturated carbocycles. The first-order chi connectivity index (χ1) is 7.22. The summed E-state index contributed by atoms with van der Waals surface area (Å²) in [5.41, 5.74) is 0.197. The maximum atomic E-state index is 8.84. The predicted octanol–water partition coefficient (Wildman–Crippen LogP) is 1.13. The smallest absolute Gasteiger partial charge is 0.190 e. The maximum Gasteiger partial charge on any atom is 0.190 e. The third-order valence-electron chi connectivity index (χ3n) is 1.54. The summed E-state index contributed by atoms with van der Waals surface area (Å²) in [6.07, 6.45) is 1.81. The van der Waals surface area contributed by atoms with E-state index < -0.39 is 0 Å². The number of thioether (sulfide) groups is 1. The molecule has 1 aromatic heterocycles. The lowest BCUT2D eigenvalue weighted by atomic mass is 10.3. The van der Waals surface area contributed by atoms with Gasteiger partial charge in [-0.3, -0.25) is 0 Å². The van der Waals surface area contributed by atoms with E-state index in [9.17, 15) is 0 Å². The fourth-order valence-corrected chi connectivity index (χ4v) is 1.53. The van der Waals surface area contributed by atoms with E-state index in [1.54, 1.807) is 0 Å². The Morgan fingerprint density at radius 3 is 2.87 bits per heavy atom. The van der Waals surface area contributed by atoms with Gasteiger partial charge in [-0.25, -0.2) is 9.97 Å². The van der Waals surface area contributed by atoms with Gasteiger partial charge in [0.05, 0.1) is 6.61 Å². The molecular formula is C8H9ClN4OS. The zero-order valence-corrected chi connectivity index (χ0v) is 9.56. The second-order valence-electron chi connectivity index (χ2n) is 2.49. The minimum atomic E-state index is -0.0406. The summed E-state index contributed by atoms with van der Waals surface area (Å²) >= 11 is 7.13. The van der Waals surface area contributed by atoms with Crippen LogP contribution in [0.4, 0.5) is 5.82 Å². The topological polar surface area (TPSA) is 81.8 Å². The molecule has 0 aliphatic rings. The zero-order valence-electron chi connectivity index (χ0n) is 7.99. The standard InChI is InChI=1S/C8H9ClN4OS/c1-15-8-12-6(9)5(4-10)7(13-8)11-2-3-14/h14H,2-3H2,1H3,(H,11,12,13). The van der Waals surface area contributed by atoms with Crippen molar-refractivity contribution in [3.8, 4) is 6.07 Å². The number of rotatable bonds is 4. The highest BCUT2D eigenvalue weighted by molar-refractivity contribution is 7.98. The van der Waals surface area contributed by atoms with Gasteiger partial charge in [0, 0.05) is 6.54 Å². The molecule has 0 fully saturated rings. The quantitative estimate of drug-likeness (QED) is 0.469. The molecule has 5 nitrogen and oxygen atoms in total. The molecule has 0 unspecified atom stereocenters. The molecule has 0 aliphatic carbocycles. The van der Waals surface area contributed by atoms with Crippen LogP contribution in [0.1, 0.15) is 5.56 Å². The van der Waals surface area contributed by atoms with Gasteiger partial charge in [0.25, 0.3) is 0 Å². The van der Waals surface area contributed by atoms with Crippen molar-refractivity contribution in [2.75, 3.05) is 24.7 Å². The average Bonchev–Trinajstić information content (AvgIpc) is 2.25. The van der Waals surface area contributed by atoms with Crippen LogP contribution in [0.25, 0.3) is 0 Å². The van der Waals surface area contributed by atoms with Crippen molar-refractivity contribution in [2.24, 2.45) is 0 Å². The van der Waals surface area contributed by atoms with Crippen molar-refractivity contribution in [3.05, 3.63) is 10.7 Å². The number of aliphatic hydroxyl groups excluding tert-OH is 1. The summed E-state index contributed by atoms with van der Waals surface area (Å²) < 4.78 is 0. The van der Waals surface area contributed by atoms with E-state index in [2.05, 4.69) is 15.3 Å². The fraction of sp³-hybridized carbons (Fsp3) is 0.375. The summed E-state index contributed by atoms with van der Waals surface area (Å²) in [5, 5.41) is 20.9. The molecule has 0 saturated heterocycles. The number of nitrogens with one attached hydrogen (secondary N) is 1. The maximum absolute atomic E-state index is 8.84. The van der Waals surface area contributed by atoms with E-state index in [1.165, 1.54) is 11.8 Å². The molecular weight excluding hydrogens is 236 g/mol. The van der Waals surface area contributed by atoms with Crippen molar-refractivity contribution in [1.82, 2.24) is 9.97 Å². The van der Waals surface area contributed by atoms with Crippen LogP contribution in [0.5, 0.6) is 0 Å². The van der Waals surface area contributed by atoms with Crippen LogP contribution < -0.4 is 5.32 Å². The molecule has 80 valence electrons. The average molecular weight is 245 g/mol. The van der Waals surface area contributed by atoms with E-state index >= 15 is 0 Å². The molecule has 1 heterocycles. The SMILES string of the molecule is CSc1nc(Cl)c(C#N)c(NCCO)n1. The minimum Gasteiger partial charge on any atom is -0.395 e. The van der Waals surface area contributed by atoms with Gasteiger partial charge in [-0.1, -0.05) is 23.4 Å². The molecule has 0 radical (unpaired) electrons. The van der Waals surface area contributed by atoms with E-state index in [1.807, 2.05) is 12.3 Å². The normalized spacial score (nSPS) is 9.73. The summed E-state index contributed by atoms with van der Waals surface area (Å²) in [6, 6.07) is 1.91. The Kier molecular flexibility index (Phi) is 4.62. The number of anilines is 1. The summed E-state index contributed by atoms with van der Waals surface area (Å²) in [5.74, 6) is 0.357. The molecule has 0 aromatic carbocycles. The largest absolute Gasteiger partial charge is 0.395 e. The highest BCUT2D eigenvalue weighted by Crippen LogP contribution is 2.23. The highest BCUT2D eigenvalue weighted by Gasteiger charge is 2.11. The van der Waals surface area contributed by atoms with Crippen LogP contribution in [0.3, 0.4) is 0 Å². The van der Waals surface area contributed by atoms with Gasteiger partial charge in [0.15, 0.2) is 10.3 Å². The van der Waals surface area contributed by atoms with Gasteiger partial charge in [-0.2, -0.15) is 5.26 Å². The van der Waals surface area contributed by atoms with Crippen LogP contribution in [-0.4, -0.2) is 34.5 Å². The van der Waals surface area contributed by atoms with Crippen LogP contribution in [-0.2, 0) is 0 Å². The lowest BCUT2D eigenvalue weighted by Crippen LogP contribution is -2.10. The van der Waals surface area contributed by atoms with Gasteiger partial charge in [-0.05, 0) is 6.26 Å². The molecule has 15 heavy (non-hydrogen) atoms. The summed E-state index contributed by atoms with van der Waals surface area (Å²) in [4.78, 5) is 8.01. The molecule has 0 spiro atoms. The van der Waals surface area contributed by atoms with Crippen molar-refractivity contribution < 1.29 is 5.11 Å². The van der Waals surface area contributed by atoms with Gasteiger partial charge < -0.3 is 10.4 Å². The third kappa shape index (κ3) is 2.96. The monoisotopic (exact) mass is 244 g/mol. The highest BCUT2D eigenvalue weighted by atomic mass is 35.5. The Labute approximate surface area is 96.5 Å². The van der Waals surface area contributed by atoms with E-state index in [0.717, 1.165) is 0 Å². The first-order valence-electron chi connectivity index (χ1n) is 4.09. The number of hydrogen-bond acceptors (Lipinski definition) is 6. The van der Waals surface area contributed by atoms with Gasteiger partial charge in [0.2, 0.25) is 0 Å². The number of aliphatic hydroxyl groups is 1. The number of nitriles is 1. The third-order valence-corrected chi connectivity index (χ3v) is 2.36. The van der Waals surface area contributed by atoms with Crippen LogP contribution in [0.15, 0.2) is 5.16 Å². The Morgan fingerprint density at radius 2 is 2.33 bits per heavy atom. The fourth-order valence-electron chi connectivity index (χ4n) is 0.907. The molecule has 0 aliphatic heterocycles. The molecule has 1 aromatic rings. The minimum absolute atomic E-state index is 0.0406. The lowest BCUT2D eigenvalue weighted by Gasteiger charge is -2.07. The van der Waals surface area contributed by atoms with Gasteiger partial charge >= 0.3 is 0 Å². The Hall–Kier alpha value is -1.03.